The Morgan fingerprint density at radius 1 is 1.30 bits per heavy atom. The minimum Gasteiger partial charge on any atom is -0.494 e. The Labute approximate surface area is 175 Å². The van der Waals surface area contributed by atoms with Crippen molar-refractivity contribution in [3.05, 3.63) is 23.9 Å². The molecule has 2 amide bonds. The van der Waals surface area contributed by atoms with Crippen LogP contribution >= 0.6 is 0 Å². The van der Waals surface area contributed by atoms with Crippen molar-refractivity contribution >= 4 is 22.7 Å². The lowest BCUT2D eigenvalue weighted by Crippen LogP contribution is -2.45. The highest BCUT2D eigenvalue weighted by molar-refractivity contribution is 6.07. The van der Waals surface area contributed by atoms with Gasteiger partial charge in [-0.15, -0.1) is 0 Å². The molecule has 9 nitrogen and oxygen atoms in total. The summed E-state index contributed by atoms with van der Waals surface area (Å²) < 4.78 is 12.8. The molecule has 0 radical (unpaired) electrons. The van der Waals surface area contributed by atoms with E-state index in [1.807, 2.05) is 22.9 Å². The highest BCUT2D eigenvalue weighted by Crippen LogP contribution is 2.28. The first kappa shape index (κ1) is 20.6. The zero-order chi connectivity index (χ0) is 20.9. The number of aromatic nitrogens is 2. The van der Waals surface area contributed by atoms with Crippen molar-refractivity contribution in [2.75, 3.05) is 46.5 Å². The van der Waals surface area contributed by atoms with E-state index in [1.54, 1.807) is 7.11 Å². The summed E-state index contributed by atoms with van der Waals surface area (Å²) in [5.41, 5.74) is 1.12. The second kappa shape index (κ2) is 9.44. The highest BCUT2D eigenvalue weighted by Gasteiger charge is 2.26. The lowest BCUT2D eigenvalue weighted by atomic mass is 10.1. The third-order valence-corrected chi connectivity index (χ3v) is 5.74. The number of amides is 2. The number of hydrogen-bond acceptors (Lipinski definition) is 6. The molecule has 0 aliphatic carbocycles. The van der Waals surface area contributed by atoms with Crippen molar-refractivity contribution in [3.63, 3.8) is 0 Å². The predicted octanol–water partition coefficient (Wildman–Crippen LogP) is 0.776. The molecule has 9 heteroatoms. The second-order valence-corrected chi connectivity index (χ2v) is 7.70. The van der Waals surface area contributed by atoms with Gasteiger partial charge in [-0.1, -0.05) is 12.1 Å². The number of benzene rings is 1. The number of nitrogens with one attached hydrogen (secondary N) is 2. The Kier molecular flexibility index (Phi) is 6.49. The van der Waals surface area contributed by atoms with Gasteiger partial charge < -0.3 is 20.1 Å². The molecule has 4 rings (SSSR count). The van der Waals surface area contributed by atoms with Gasteiger partial charge in [0.2, 0.25) is 5.91 Å². The predicted molar refractivity (Wildman–Crippen MR) is 112 cm³/mol. The highest BCUT2D eigenvalue weighted by atomic mass is 16.5. The lowest BCUT2D eigenvalue weighted by molar-refractivity contribution is -0.122. The second-order valence-electron chi connectivity index (χ2n) is 7.70. The molecule has 0 saturated carbocycles. The van der Waals surface area contributed by atoms with Crippen molar-refractivity contribution < 1.29 is 19.1 Å². The molecule has 2 aliphatic rings. The molecule has 30 heavy (non-hydrogen) atoms. The summed E-state index contributed by atoms with van der Waals surface area (Å²) in [6, 6.07) is 5.07. The van der Waals surface area contributed by atoms with Gasteiger partial charge in [-0.3, -0.25) is 19.2 Å². The van der Waals surface area contributed by atoms with Crippen molar-refractivity contribution in [3.8, 4) is 5.75 Å². The molecule has 2 aliphatic heterocycles. The van der Waals surface area contributed by atoms with Gasteiger partial charge in [0.05, 0.1) is 26.9 Å². The van der Waals surface area contributed by atoms with E-state index in [1.165, 1.54) is 0 Å². The Balaban J connectivity index is 1.59. The van der Waals surface area contributed by atoms with E-state index < -0.39 is 6.04 Å². The summed E-state index contributed by atoms with van der Waals surface area (Å²) in [5.74, 6) is 0.211. The van der Waals surface area contributed by atoms with E-state index in [-0.39, 0.29) is 11.8 Å². The van der Waals surface area contributed by atoms with Crippen LogP contribution in [0.1, 0.15) is 29.8 Å². The average molecular weight is 415 g/mol. The van der Waals surface area contributed by atoms with Crippen LogP contribution in [-0.4, -0.2) is 79.0 Å². The van der Waals surface area contributed by atoms with Crippen molar-refractivity contribution in [2.45, 2.75) is 31.8 Å². The number of nitrogens with zero attached hydrogens (tertiary/aromatic N) is 3. The maximum absolute atomic E-state index is 13.1. The van der Waals surface area contributed by atoms with E-state index in [4.69, 9.17) is 9.47 Å². The summed E-state index contributed by atoms with van der Waals surface area (Å²) in [7, 11) is 1.61. The third kappa shape index (κ3) is 4.41. The molecule has 3 heterocycles. The molecular formula is C21H29N5O4. The monoisotopic (exact) mass is 415 g/mol. The number of morpholine rings is 1. The molecule has 1 unspecified atom stereocenters. The molecule has 2 N–H and O–H groups in total. The zero-order valence-corrected chi connectivity index (χ0v) is 17.4. The minimum atomic E-state index is -0.529. The van der Waals surface area contributed by atoms with Crippen LogP contribution in [0, 0.1) is 0 Å². The topological polar surface area (TPSA) is 97.7 Å². The van der Waals surface area contributed by atoms with E-state index in [0.717, 1.165) is 56.6 Å². The van der Waals surface area contributed by atoms with Crippen LogP contribution in [0.2, 0.25) is 0 Å². The summed E-state index contributed by atoms with van der Waals surface area (Å²) in [6.07, 6.45) is 2.46. The summed E-state index contributed by atoms with van der Waals surface area (Å²) in [4.78, 5) is 27.6. The smallest absolute Gasteiger partial charge is 0.273 e. The zero-order valence-electron chi connectivity index (χ0n) is 17.4. The van der Waals surface area contributed by atoms with Gasteiger partial charge in [0.15, 0.2) is 5.69 Å². The molecule has 1 aromatic carbocycles. The largest absolute Gasteiger partial charge is 0.494 e. The number of carbonyl (C=O) groups excluding carboxylic acids is 2. The van der Waals surface area contributed by atoms with E-state index in [2.05, 4.69) is 20.6 Å². The van der Waals surface area contributed by atoms with Crippen LogP contribution in [-0.2, 0) is 16.1 Å². The van der Waals surface area contributed by atoms with E-state index in [9.17, 15) is 9.59 Å². The normalized spacial score (nSPS) is 20.6. The lowest BCUT2D eigenvalue weighted by Gasteiger charge is -2.26. The van der Waals surface area contributed by atoms with Crippen molar-refractivity contribution in [2.24, 2.45) is 0 Å². The fourth-order valence-electron chi connectivity index (χ4n) is 4.06. The SMILES string of the molecule is COc1cccc2c(C(=O)NC3CCCCNC3=O)nn(CCN3CCOCC3)c12. The van der Waals surface area contributed by atoms with Crippen LogP contribution in [0.25, 0.3) is 10.9 Å². The quantitative estimate of drug-likeness (QED) is 0.724. The molecule has 1 aromatic heterocycles. The molecule has 0 spiro atoms. The third-order valence-electron chi connectivity index (χ3n) is 5.74. The molecule has 1 atom stereocenters. The molecule has 2 saturated heterocycles. The number of ether oxygens (including phenoxy) is 2. The number of methoxy groups -OCH3 is 1. The summed E-state index contributed by atoms with van der Waals surface area (Å²) >= 11 is 0. The van der Waals surface area contributed by atoms with Gasteiger partial charge in [-0.2, -0.15) is 5.10 Å². The average Bonchev–Trinajstić information content (AvgIpc) is 3.04. The van der Waals surface area contributed by atoms with Gasteiger partial charge in [-0.05, 0) is 25.3 Å². The van der Waals surface area contributed by atoms with Gasteiger partial charge >= 0.3 is 0 Å². The fraction of sp³-hybridized carbons (Fsp3) is 0.571. The van der Waals surface area contributed by atoms with E-state index >= 15 is 0 Å². The Hall–Kier alpha value is -2.65. The maximum atomic E-state index is 13.1. The minimum absolute atomic E-state index is 0.130. The van der Waals surface area contributed by atoms with Crippen molar-refractivity contribution in [1.82, 2.24) is 25.3 Å². The van der Waals surface area contributed by atoms with Gasteiger partial charge in [0, 0.05) is 31.6 Å². The van der Waals surface area contributed by atoms with Crippen LogP contribution < -0.4 is 15.4 Å². The van der Waals surface area contributed by atoms with Gasteiger partial charge in [-0.25, -0.2) is 0 Å². The standard InChI is InChI=1S/C21H29N5O4/c1-29-17-7-4-5-15-18(21(28)23-16-6-2-3-8-22-20(16)27)24-26(19(15)17)10-9-25-11-13-30-14-12-25/h4-5,7,16H,2-3,6,8-14H2,1H3,(H,22,27)(H,23,28). The Morgan fingerprint density at radius 2 is 2.13 bits per heavy atom. The first-order valence-corrected chi connectivity index (χ1v) is 10.6. The Morgan fingerprint density at radius 3 is 2.93 bits per heavy atom. The van der Waals surface area contributed by atoms with E-state index in [0.29, 0.717) is 31.0 Å². The summed E-state index contributed by atoms with van der Waals surface area (Å²) in [6.45, 7) is 5.35. The molecule has 2 fully saturated rings. The molecule has 162 valence electrons. The number of rotatable bonds is 6. The number of para-hydroxylation sites is 1. The first-order chi connectivity index (χ1) is 14.7. The van der Waals surface area contributed by atoms with Gasteiger partial charge in [0.25, 0.3) is 5.91 Å². The van der Waals surface area contributed by atoms with Crippen LogP contribution in [0.3, 0.4) is 0 Å². The Bertz CT molecular complexity index is 906. The summed E-state index contributed by atoms with van der Waals surface area (Å²) in [5, 5.41) is 11.1. The first-order valence-electron chi connectivity index (χ1n) is 10.6. The number of fused-ring (bicyclic) bond motifs is 1. The van der Waals surface area contributed by atoms with Crippen LogP contribution in [0.4, 0.5) is 0 Å². The maximum Gasteiger partial charge on any atom is 0.273 e. The molecule has 2 aromatic rings. The number of carbonyl (C=O) groups is 2. The fourth-order valence-corrected chi connectivity index (χ4v) is 4.06. The molecule has 0 bridgehead atoms. The van der Waals surface area contributed by atoms with Crippen LogP contribution in [0.15, 0.2) is 18.2 Å². The van der Waals surface area contributed by atoms with Crippen molar-refractivity contribution in [1.29, 1.82) is 0 Å². The van der Waals surface area contributed by atoms with Crippen LogP contribution in [0.5, 0.6) is 5.75 Å². The van der Waals surface area contributed by atoms with Gasteiger partial charge in [0.1, 0.15) is 17.3 Å². The molecular weight excluding hydrogens is 386 g/mol. The number of hydrogen-bond donors (Lipinski definition) is 2.